The molecule has 2 atom stereocenters. The van der Waals surface area contributed by atoms with Crippen LogP contribution in [0.15, 0.2) is 36.8 Å². The van der Waals surface area contributed by atoms with Gasteiger partial charge in [0.2, 0.25) is 0 Å². The topological polar surface area (TPSA) is 59.8 Å². The Morgan fingerprint density at radius 3 is 2.41 bits per heavy atom. The van der Waals surface area contributed by atoms with Crippen LogP contribution in [-0.2, 0) is 9.47 Å². The van der Waals surface area contributed by atoms with Crippen LogP contribution < -0.4 is 0 Å². The molecule has 1 aliphatic heterocycles. The van der Waals surface area contributed by atoms with Crippen LogP contribution in [0.3, 0.4) is 0 Å². The lowest BCUT2D eigenvalue weighted by Gasteiger charge is -2.40. The van der Waals surface area contributed by atoms with E-state index >= 15 is 0 Å². The van der Waals surface area contributed by atoms with Crippen molar-refractivity contribution >= 4 is 6.09 Å². The van der Waals surface area contributed by atoms with E-state index in [1.165, 1.54) is 12.1 Å². The molecule has 0 spiro atoms. The van der Waals surface area contributed by atoms with Gasteiger partial charge in [0.25, 0.3) is 0 Å². The van der Waals surface area contributed by atoms with E-state index in [2.05, 4.69) is 21.4 Å². The van der Waals surface area contributed by atoms with Gasteiger partial charge in [-0.1, -0.05) is 12.1 Å². The van der Waals surface area contributed by atoms with Crippen molar-refractivity contribution < 1.29 is 18.7 Å². The van der Waals surface area contributed by atoms with Gasteiger partial charge in [-0.2, -0.15) is 0 Å². The van der Waals surface area contributed by atoms with Crippen LogP contribution in [0.5, 0.6) is 0 Å². The number of amides is 1. The Labute approximate surface area is 190 Å². The highest BCUT2D eigenvalue weighted by atomic mass is 19.1. The van der Waals surface area contributed by atoms with Gasteiger partial charge >= 0.3 is 6.09 Å². The first-order valence-corrected chi connectivity index (χ1v) is 11.2. The molecule has 176 valence electrons. The van der Waals surface area contributed by atoms with E-state index in [0.717, 1.165) is 30.8 Å². The number of piperazine rings is 1. The van der Waals surface area contributed by atoms with Gasteiger partial charge in [0.05, 0.1) is 24.1 Å². The molecule has 1 aliphatic rings. The third-order valence-corrected chi connectivity index (χ3v) is 5.81. The highest BCUT2D eigenvalue weighted by Gasteiger charge is 2.31. The predicted molar refractivity (Wildman–Crippen MR) is 121 cm³/mol. The number of carbonyl (C=O) groups is 1. The number of aromatic nitrogens is 2. The summed E-state index contributed by atoms with van der Waals surface area (Å²) in [7, 11) is 1.70. The number of methoxy groups -OCH3 is 1. The zero-order valence-electron chi connectivity index (χ0n) is 19.8. The van der Waals surface area contributed by atoms with Gasteiger partial charge in [0, 0.05) is 46.1 Å². The summed E-state index contributed by atoms with van der Waals surface area (Å²) in [4.78, 5) is 21.0. The quantitative estimate of drug-likeness (QED) is 0.636. The van der Waals surface area contributed by atoms with Gasteiger partial charge in [-0.05, 0) is 51.8 Å². The fraction of sp³-hybridized carbons (Fsp3) is 0.583. The van der Waals surface area contributed by atoms with Crippen LogP contribution in [0.25, 0.3) is 0 Å². The van der Waals surface area contributed by atoms with E-state index in [-0.39, 0.29) is 24.0 Å². The number of benzene rings is 1. The molecule has 1 saturated heterocycles. The second kappa shape index (κ2) is 10.4. The maximum absolute atomic E-state index is 13.4. The van der Waals surface area contributed by atoms with Crippen LogP contribution in [0.1, 0.15) is 57.5 Å². The van der Waals surface area contributed by atoms with Crippen LogP contribution in [-0.4, -0.2) is 70.9 Å². The molecule has 32 heavy (non-hydrogen) atoms. The molecule has 1 aromatic heterocycles. The van der Waals surface area contributed by atoms with Crippen molar-refractivity contribution in [2.45, 2.75) is 51.8 Å². The highest BCUT2D eigenvalue weighted by Crippen LogP contribution is 2.30. The molecule has 0 bridgehead atoms. The lowest BCUT2D eigenvalue weighted by molar-refractivity contribution is 0.00777. The zero-order chi connectivity index (χ0) is 23.3. The number of imidazole rings is 1. The first-order chi connectivity index (χ1) is 15.2. The lowest BCUT2D eigenvalue weighted by Crippen LogP contribution is -2.51. The smallest absolute Gasteiger partial charge is 0.410 e. The Morgan fingerprint density at radius 1 is 1.16 bits per heavy atom. The highest BCUT2D eigenvalue weighted by molar-refractivity contribution is 5.68. The van der Waals surface area contributed by atoms with E-state index in [9.17, 15) is 9.18 Å². The second-order valence-corrected chi connectivity index (χ2v) is 9.25. The van der Waals surface area contributed by atoms with Gasteiger partial charge in [-0.3, -0.25) is 4.90 Å². The second-order valence-electron chi connectivity index (χ2n) is 9.25. The van der Waals surface area contributed by atoms with Gasteiger partial charge in [0.15, 0.2) is 0 Å². The van der Waals surface area contributed by atoms with Gasteiger partial charge in [-0.15, -0.1) is 0 Å². The molecule has 1 unspecified atom stereocenters. The summed E-state index contributed by atoms with van der Waals surface area (Å²) in [6.45, 7) is 11.1. The number of rotatable bonds is 7. The summed E-state index contributed by atoms with van der Waals surface area (Å²) in [5.41, 5.74) is 1.61. The standard InChI is InChI=1S/C24H35FN4O3/c1-18(19-6-8-20(25)9-7-19)29-17-26-16-22(29)21(10-15-31-5)27-11-13-28(14-12-27)23(30)32-24(2,3)4/h6-9,16-18,21H,10-15H2,1-5H3/t18-,21?/m1/s1. The fourth-order valence-corrected chi connectivity index (χ4v) is 4.09. The van der Waals surface area contributed by atoms with Crippen molar-refractivity contribution in [1.82, 2.24) is 19.4 Å². The molecule has 8 heteroatoms. The van der Waals surface area contributed by atoms with Crippen molar-refractivity contribution in [2.24, 2.45) is 0 Å². The molecule has 1 amide bonds. The third-order valence-electron chi connectivity index (χ3n) is 5.81. The molecule has 1 aromatic carbocycles. The minimum Gasteiger partial charge on any atom is -0.444 e. The number of halogens is 1. The molecule has 1 fully saturated rings. The molecule has 7 nitrogen and oxygen atoms in total. The first-order valence-electron chi connectivity index (χ1n) is 11.2. The van der Waals surface area contributed by atoms with Crippen LogP contribution in [0.2, 0.25) is 0 Å². The fourth-order valence-electron chi connectivity index (χ4n) is 4.09. The average molecular weight is 447 g/mol. The number of carbonyl (C=O) groups excluding carboxylic acids is 1. The van der Waals surface area contributed by atoms with E-state index < -0.39 is 5.60 Å². The number of nitrogens with zero attached hydrogens (tertiary/aromatic N) is 4. The van der Waals surface area contributed by atoms with Crippen molar-refractivity contribution in [3.05, 3.63) is 53.9 Å². The van der Waals surface area contributed by atoms with Gasteiger partial charge < -0.3 is 18.9 Å². The largest absolute Gasteiger partial charge is 0.444 e. The minimum absolute atomic E-state index is 0.0150. The van der Waals surface area contributed by atoms with Crippen LogP contribution in [0, 0.1) is 5.82 Å². The average Bonchev–Trinajstić information content (AvgIpc) is 3.23. The van der Waals surface area contributed by atoms with Crippen molar-refractivity contribution in [1.29, 1.82) is 0 Å². The SMILES string of the molecule is COCCC(c1cncn1[C@H](C)c1ccc(F)cc1)N1CCN(C(=O)OC(C)(C)C)CC1. The maximum atomic E-state index is 13.4. The molecule has 3 rings (SSSR count). The summed E-state index contributed by atoms with van der Waals surface area (Å²) in [6, 6.07) is 6.71. The summed E-state index contributed by atoms with van der Waals surface area (Å²) >= 11 is 0. The molecular weight excluding hydrogens is 411 g/mol. The normalized spacial score (nSPS) is 17.2. The van der Waals surface area contributed by atoms with E-state index in [1.807, 2.05) is 45.4 Å². The predicted octanol–water partition coefficient (Wildman–Crippen LogP) is 4.26. The molecule has 0 radical (unpaired) electrons. The van der Waals surface area contributed by atoms with Crippen LogP contribution >= 0.6 is 0 Å². The van der Waals surface area contributed by atoms with E-state index in [4.69, 9.17) is 9.47 Å². The van der Waals surface area contributed by atoms with E-state index in [0.29, 0.717) is 19.7 Å². The Balaban J connectivity index is 1.75. The van der Waals surface area contributed by atoms with Gasteiger partial charge in [0.1, 0.15) is 11.4 Å². The summed E-state index contributed by atoms with van der Waals surface area (Å²) in [5.74, 6) is -0.243. The summed E-state index contributed by atoms with van der Waals surface area (Å²) in [5, 5.41) is 0. The molecule has 0 N–H and O–H groups in total. The molecule has 0 saturated carbocycles. The first kappa shape index (κ1) is 24.2. The van der Waals surface area contributed by atoms with Gasteiger partial charge in [-0.25, -0.2) is 14.2 Å². The summed E-state index contributed by atoms with van der Waals surface area (Å²) < 4.78 is 26.4. The molecule has 2 aromatic rings. The molecule has 0 aliphatic carbocycles. The third kappa shape index (κ3) is 6.07. The monoisotopic (exact) mass is 446 g/mol. The zero-order valence-corrected chi connectivity index (χ0v) is 19.8. The molecular formula is C24H35FN4O3. The number of hydrogen-bond acceptors (Lipinski definition) is 5. The van der Waals surface area contributed by atoms with Crippen molar-refractivity contribution in [2.75, 3.05) is 39.9 Å². The van der Waals surface area contributed by atoms with Crippen molar-refractivity contribution in [3.63, 3.8) is 0 Å². The summed E-state index contributed by atoms with van der Waals surface area (Å²) in [6.07, 6.45) is 4.28. The Hall–Kier alpha value is -2.45. The van der Waals surface area contributed by atoms with Crippen molar-refractivity contribution in [3.8, 4) is 0 Å². The van der Waals surface area contributed by atoms with Crippen LogP contribution in [0.4, 0.5) is 9.18 Å². The van der Waals surface area contributed by atoms with E-state index in [1.54, 1.807) is 12.0 Å². The Morgan fingerprint density at radius 2 is 1.81 bits per heavy atom. The number of hydrogen-bond donors (Lipinski definition) is 0. The lowest BCUT2D eigenvalue weighted by atomic mass is 10.0. The maximum Gasteiger partial charge on any atom is 0.410 e. The Kier molecular flexibility index (Phi) is 7.90. The Bertz CT molecular complexity index is 870. The number of ether oxygens (including phenoxy) is 2. The minimum atomic E-state index is -0.502. The molecule has 2 heterocycles.